The number of esters is 1. The van der Waals surface area contributed by atoms with Gasteiger partial charge in [-0.05, 0) is 88.4 Å². The molecule has 4 fully saturated rings. The molecule has 7 heteroatoms. The Labute approximate surface area is 207 Å². The van der Waals surface area contributed by atoms with Gasteiger partial charge in [-0.3, -0.25) is 4.79 Å². The Morgan fingerprint density at radius 1 is 1.06 bits per heavy atom. The molecule has 4 aliphatic carbocycles. The van der Waals surface area contributed by atoms with Crippen molar-refractivity contribution in [2.45, 2.75) is 103 Å². The van der Waals surface area contributed by atoms with Gasteiger partial charge < -0.3 is 25.2 Å². The van der Waals surface area contributed by atoms with Crippen LogP contribution in [0, 0.1) is 40.4 Å². The van der Waals surface area contributed by atoms with E-state index in [1.807, 2.05) is 13.8 Å². The standard InChI is InChI=1S/C28H42O7/c1-14-10-21(35-25(33)15(14)2)17(13-29)19-8-7-18-16-11-24(32)28(34)9-5-6-22(30)27(28,4)20(16)12-23(31)26(18,19)3/h16-21,23-24,29,31-32,34H,5-13H2,1-4H3/t16-,17-,18-,19+,20-,21+,23+,24+,26-,27-,28-/m0/s1. The summed E-state index contributed by atoms with van der Waals surface area (Å²) in [5.74, 6) is -0.800. The summed E-state index contributed by atoms with van der Waals surface area (Å²) in [5, 5.41) is 45.0. The maximum absolute atomic E-state index is 13.3. The molecule has 0 aromatic carbocycles. The molecule has 4 saturated carbocycles. The number of aliphatic hydroxyl groups excluding tert-OH is 3. The Hall–Kier alpha value is -1.28. The summed E-state index contributed by atoms with van der Waals surface area (Å²) in [4.78, 5) is 25.7. The first-order valence-corrected chi connectivity index (χ1v) is 13.5. The number of ketones is 1. The fourth-order valence-corrected chi connectivity index (χ4v) is 9.45. The van der Waals surface area contributed by atoms with Crippen LogP contribution in [0.3, 0.4) is 0 Å². The molecule has 0 radical (unpaired) electrons. The first-order valence-electron chi connectivity index (χ1n) is 13.5. The molecule has 0 unspecified atom stereocenters. The number of hydrogen-bond acceptors (Lipinski definition) is 7. The van der Waals surface area contributed by atoms with Gasteiger partial charge in [0.2, 0.25) is 0 Å². The third-order valence-corrected chi connectivity index (χ3v) is 11.8. The molecule has 5 aliphatic rings. The lowest BCUT2D eigenvalue weighted by atomic mass is 9.41. The van der Waals surface area contributed by atoms with E-state index in [-0.39, 0.29) is 47.9 Å². The number of carbonyl (C=O) groups is 2. The number of hydrogen-bond donors (Lipinski definition) is 4. The molecule has 0 aromatic rings. The van der Waals surface area contributed by atoms with E-state index in [0.29, 0.717) is 44.1 Å². The van der Waals surface area contributed by atoms with E-state index in [0.717, 1.165) is 18.4 Å². The second-order valence-corrected chi connectivity index (χ2v) is 12.7. The highest BCUT2D eigenvalue weighted by atomic mass is 16.5. The summed E-state index contributed by atoms with van der Waals surface area (Å²) < 4.78 is 5.78. The quantitative estimate of drug-likeness (QED) is 0.448. The maximum atomic E-state index is 13.3. The number of carbonyl (C=O) groups excluding carboxylic acids is 2. The van der Waals surface area contributed by atoms with Crippen molar-refractivity contribution >= 4 is 11.8 Å². The summed E-state index contributed by atoms with van der Waals surface area (Å²) >= 11 is 0. The van der Waals surface area contributed by atoms with Crippen molar-refractivity contribution in [1.82, 2.24) is 0 Å². The summed E-state index contributed by atoms with van der Waals surface area (Å²) in [6, 6.07) is 0. The molecule has 0 amide bonds. The summed E-state index contributed by atoms with van der Waals surface area (Å²) in [6.07, 6.45) is 2.29. The molecular weight excluding hydrogens is 448 g/mol. The molecule has 35 heavy (non-hydrogen) atoms. The highest BCUT2D eigenvalue weighted by Gasteiger charge is 2.71. The Morgan fingerprint density at radius 2 is 1.77 bits per heavy atom. The predicted molar refractivity (Wildman–Crippen MR) is 128 cm³/mol. The van der Waals surface area contributed by atoms with Crippen LogP contribution in [0.4, 0.5) is 0 Å². The van der Waals surface area contributed by atoms with Crippen molar-refractivity contribution in [1.29, 1.82) is 0 Å². The van der Waals surface area contributed by atoms with Gasteiger partial charge in [0.25, 0.3) is 0 Å². The molecule has 196 valence electrons. The predicted octanol–water partition coefficient (Wildman–Crippen LogP) is 2.53. The fraction of sp³-hybridized carbons (Fsp3) is 0.857. The molecule has 0 spiro atoms. The molecule has 0 aromatic heterocycles. The second-order valence-electron chi connectivity index (χ2n) is 12.7. The Kier molecular flexibility index (Phi) is 6.07. The van der Waals surface area contributed by atoms with Crippen LogP contribution in [0.1, 0.15) is 79.1 Å². The Morgan fingerprint density at radius 3 is 2.43 bits per heavy atom. The van der Waals surface area contributed by atoms with Gasteiger partial charge in [0.1, 0.15) is 17.5 Å². The van der Waals surface area contributed by atoms with Crippen LogP contribution in [0.5, 0.6) is 0 Å². The summed E-state index contributed by atoms with van der Waals surface area (Å²) in [5.41, 5.74) is -1.44. The number of aliphatic hydroxyl groups is 4. The van der Waals surface area contributed by atoms with Crippen molar-refractivity contribution < 1.29 is 34.8 Å². The minimum atomic E-state index is -1.44. The van der Waals surface area contributed by atoms with E-state index in [4.69, 9.17) is 4.74 Å². The lowest BCUT2D eigenvalue weighted by Crippen LogP contribution is -2.71. The van der Waals surface area contributed by atoms with Crippen molar-refractivity contribution in [3.05, 3.63) is 11.1 Å². The normalized spacial score (nSPS) is 50.8. The first-order chi connectivity index (χ1) is 16.4. The number of Topliss-reactive ketones (excluding diaryl/α,β-unsaturated/α-hetero) is 1. The smallest absolute Gasteiger partial charge is 0.333 e. The van der Waals surface area contributed by atoms with Crippen LogP contribution in [0.2, 0.25) is 0 Å². The number of cyclic esters (lactones) is 1. The Balaban J connectivity index is 1.48. The molecule has 5 rings (SSSR count). The zero-order valence-electron chi connectivity index (χ0n) is 21.5. The maximum Gasteiger partial charge on any atom is 0.333 e. The van der Waals surface area contributed by atoms with Gasteiger partial charge in [-0.2, -0.15) is 0 Å². The van der Waals surface area contributed by atoms with Gasteiger partial charge >= 0.3 is 5.97 Å². The monoisotopic (exact) mass is 490 g/mol. The first kappa shape index (κ1) is 25.4. The molecule has 1 aliphatic heterocycles. The molecule has 4 N–H and O–H groups in total. The van der Waals surface area contributed by atoms with E-state index in [1.54, 1.807) is 6.92 Å². The van der Waals surface area contributed by atoms with E-state index in [1.165, 1.54) is 0 Å². The van der Waals surface area contributed by atoms with Crippen molar-refractivity contribution in [3.63, 3.8) is 0 Å². The number of fused-ring (bicyclic) bond motifs is 5. The van der Waals surface area contributed by atoms with E-state index < -0.39 is 34.7 Å². The lowest BCUT2D eigenvalue weighted by molar-refractivity contribution is -0.255. The minimum Gasteiger partial charge on any atom is -0.458 e. The van der Waals surface area contributed by atoms with Crippen LogP contribution in [-0.4, -0.2) is 62.7 Å². The molecular formula is C28H42O7. The highest BCUT2D eigenvalue weighted by molar-refractivity contribution is 5.89. The molecule has 0 bridgehead atoms. The van der Waals surface area contributed by atoms with Gasteiger partial charge in [-0.1, -0.05) is 12.5 Å². The van der Waals surface area contributed by atoms with Crippen molar-refractivity contribution in [3.8, 4) is 0 Å². The SMILES string of the molecule is CC1=C(C)C(=O)O[C@@H]([C@@H](CO)[C@H]2CC[C@H]3[C@@H]4C[C@@H](O)[C@@]5(O)CCCC(=O)[C@]5(C)[C@H]4C[C@@H](O)[C@]23C)C1. The van der Waals surface area contributed by atoms with Crippen LogP contribution < -0.4 is 0 Å². The lowest BCUT2D eigenvalue weighted by Gasteiger charge is -2.65. The molecule has 7 nitrogen and oxygen atoms in total. The van der Waals surface area contributed by atoms with E-state index >= 15 is 0 Å². The average Bonchev–Trinajstić information content (AvgIpc) is 3.16. The van der Waals surface area contributed by atoms with Gasteiger partial charge in [0, 0.05) is 30.9 Å². The fourth-order valence-electron chi connectivity index (χ4n) is 9.45. The number of ether oxygens (including phenoxy) is 1. The molecule has 1 heterocycles. The van der Waals surface area contributed by atoms with Gasteiger partial charge in [-0.25, -0.2) is 4.79 Å². The van der Waals surface area contributed by atoms with Gasteiger partial charge in [0.05, 0.1) is 17.6 Å². The second kappa shape index (κ2) is 8.37. The molecule has 0 saturated heterocycles. The van der Waals surface area contributed by atoms with Gasteiger partial charge in [0.15, 0.2) is 0 Å². The molecule has 11 atom stereocenters. The van der Waals surface area contributed by atoms with E-state index in [2.05, 4.69) is 6.92 Å². The van der Waals surface area contributed by atoms with E-state index in [9.17, 15) is 30.0 Å². The van der Waals surface area contributed by atoms with Gasteiger partial charge in [-0.15, -0.1) is 0 Å². The zero-order chi connectivity index (χ0) is 25.5. The van der Waals surface area contributed by atoms with Crippen LogP contribution in [-0.2, 0) is 14.3 Å². The average molecular weight is 491 g/mol. The van der Waals surface area contributed by atoms with Crippen LogP contribution >= 0.6 is 0 Å². The van der Waals surface area contributed by atoms with Crippen molar-refractivity contribution in [2.24, 2.45) is 40.4 Å². The topological polar surface area (TPSA) is 124 Å². The van der Waals surface area contributed by atoms with Crippen molar-refractivity contribution in [2.75, 3.05) is 6.61 Å². The third-order valence-electron chi connectivity index (χ3n) is 11.8. The number of rotatable bonds is 3. The third kappa shape index (κ3) is 3.23. The summed E-state index contributed by atoms with van der Waals surface area (Å²) in [7, 11) is 0. The van der Waals surface area contributed by atoms with Crippen LogP contribution in [0.25, 0.3) is 0 Å². The summed E-state index contributed by atoms with van der Waals surface area (Å²) in [6.45, 7) is 7.49. The largest absolute Gasteiger partial charge is 0.458 e. The zero-order valence-corrected chi connectivity index (χ0v) is 21.5. The minimum absolute atomic E-state index is 0.00494. The Bertz CT molecular complexity index is 944. The van der Waals surface area contributed by atoms with Crippen LogP contribution in [0.15, 0.2) is 11.1 Å². The highest BCUT2D eigenvalue weighted by Crippen LogP contribution is 2.68.